The smallest absolute Gasteiger partial charge is 0.251 e. The number of nitrogens with one attached hydrogen (secondary N) is 2. The molecule has 1 aliphatic carbocycles. The molecule has 1 saturated carbocycles. The van der Waals surface area contributed by atoms with Crippen LogP contribution in [0.1, 0.15) is 36.0 Å². The first kappa shape index (κ1) is 21.9. The lowest BCUT2D eigenvalue weighted by molar-refractivity contribution is 0.0953. The van der Waals surface area contributed by atoms with Crippen LogP contribution >= 0.6 is 12.4 Å². The second-order valence-corrected chi connectivity index (χ2v) is 8.20. The Kier molecular flexibility index (Phi) is 9.42. The summed E-state index contributed by atoms with van der Waals surface area (Å²) in [6.07, 6.45) is 3.42. The zero-order valence-electron chi connectivity index (χ0n) is 14.5. The van der Waals surface area contributed by atoms with Crippen LogP contribution in [0.3, 0.4) is 0 Å². The number of hydrogen-bond donors (Lipinski definition) is 2. The van der Waals surface area contributed by atoms with E-state index in [9.17, 15) is 13.2 Å². The van der Waals surface area contributed by atoms with Crippen molar-refractivity contribution >= 4 is 28.2 Å². The van der Waals surface area contributed by atoms with Crippen LogP contribution in [0, 0.1) is 0 Å². The first-order valence-electron chi connectivity index (χ1n) is 8.37. The molecule has 1 aliphatic rings. The molecule has 6 nitrogen and oxygen atoms in total. The summed E-state index contributed by atoms with van der Waals surface area (Å²) in [7, 11) is -1.63. The van der Waals surface area contributed by atoms with Crippen LogP contribution in [-0.4, -0.2) is 52.9 Å². The standard InChI is InChI=1S/C17H26N2O4S.ClH/c1-23-13-12-18-10-11-19-17(20)14-6-8-16(9-7-14)24(21,22)15-4-2-3-5-15;/h6-9,15,18H,2-5,10-13H2,1H3,(H,19,20);1H. The van der Waals surface area contributed by atoms with Crippen molar-refractivity contribution in [2.75, 3.05) is 33.4 Å². The Bertz CT molecular complexity index is 629. The number of benzene rings is 1. The predicted molar refractivity (Wildman–Crippen MR) is 100 cm³/mol. The first-order valence-corrected chi connectivity index (χ1v) is 9.92. The van der Waals surface area contributed by atoms with Crippen molar-refractivity contribution in [3.05, 3.63) is 29.8 Å². The Hall–Kier alpha value is -1.15. The van der Waals surface area contributed by atoms with E-state index >= 15 is 0 Å². The third kappa shape index (κ3) is 6.26. The van der Waals surface area contributed by atoms with E-state index in [0.29, 0.717) is 30.2 Å². The lowest BCUT2D eigenvalue weighted by atomic mass is 10.2. The summed E-state index contributed by atoms with van der Waals surface area (Å²) < 4.78 is 29.9. The molecule has 2 rings (SSSR count). The topological polar surface area (TPSA) is 84.5 Å². The number of rotatable bonds is 9. The van der Waals surface area contributed by atoms with E-state index < -0.39 is 9.84 Å². The molecule has 0 saturated heterocycles. The maximum Gasteiger partial charge on any atom is 0.251 e. The number of carbonyl (C=O) groups is 1. The van der Waals surface area contributed by atoms with E-state index in [1.54, 1.807) is 31.4 Å². The van der Waals surface area contributed by atoms with Crippen LogP contribution in [0.25, 0.3) is 0 Å². The Morgan fingerprint density at radius 1 is 1.12 bits per heavy atom. The van der Waals surface area contributed by atoms with E-state index in [0.717, 1.165) is 32.2 Å². The molecule has 1 fully saturated rings. The summed E-state index contributed by atoms with van der Waals surface area (Å²) in [5, 5.41) is 5.66. The van der Waals surface area contributed by atoms with Gasteiger partial charge in [0.2, 0.25) is 0 Å². The third-order valence-electron chi connectivity index (χ3n) is 4.26. The van der Waals surface area contributed by atoms with Gasteiger partial charge in [-0.05, 0) is 37.1 Å². The minimum Gasteiger partial charge on any atom is -0.383 e. The van der Waals surface area contributed by atoms with Gasteiger partial charge in [0, 0.05) is 32.3 Å². The summed E-state index contributed by atoms with van der Waals surface area (Å²) in [6, 6.07) is 6.24. The monoisotopic (exact) mass is 390 g/mol. The molecule has 1 aromatic carbocycles. The highest BCUT2D eigenvalue weighted by Gasteiger charge is 2.30. The van der Waals surface area contributed by atoms with Crippen molar-refractivity contribution in [3.63, 3.8) is 0 Å². The highest BCUT2D eigenvalue weighted by molar-refractivity contribution is 7.92. The largest absolute Gasteiger partial charge is 0.383 e. The molecule has 1 aromatic rings. The summed E-state index contributed by atoms with van der Waals surface area (Å²) >= 11 is 0. The Morgan fingerprint density at radius 2 is 1.76 bits per heavy atom. The van der Waals surface area contributed by atoms with Crippen molar-refractivity contribution < 1.29 is 17.9 Å². The highest BCUT2D eigenvalue weighted by Crippen LogP contribution is 2.29. The van der Waals surface area contributed by atoms with Crippen molar-refractivity contribution in [1.82, 2.24) is 10.6 Å². The number of hydrogen-bond acceptors (Lipinski definition) is 5. The van der Waals surface area contributed by atoms with Gasteiger partial charge in [-0.1, -0.05) is 12.8 Å². The fraction of sp³-hybridized carbons (Fsp3) is 0.588. The van der Waals surface area contributed by atoms with Crippen molar-refractivity contribution in [3.8, 4) is 0 Å². The van der Waals surface area contributed by atoms with E-state index in [-0.39, 0.29) is 23.6 Å². The van der Waals surface area contributed by atoms with Gasteiger partial charge in [-0.2, -0.15) is 0 Å². The summed E-state index contributed by atoms with van der Waals surface area (Å²) in [4.78, 5) is 12.3. The van der Waals surface area contributed by atoms with Gasteiger partial charge in [0.05, 0.1) is 16.8 Å². The molecular weight excluding hydrogens is 364 g/mol. The molecule has 0 spiro atoms. The molecule has 142 valence electrons. The van der Waals surface area contributed by atoms with Crippen LogP contribution < -0.4 is 10.6 Å². The van der Waals surface area contributed by atoms with Crippen molar-refractivity contribution in [2.24, 2.45) is 0 Å². The first-order chi connectivity index (χ1) is 11.6. The van der Waals surface area contributed by atoms with Gasteiger partial charge >= 0.3 is 0 Å². The lowest BCUT2D eigenvalue weighted by Crippen LogP contribution is -2.33. The molecule has 0 unspecified atom stereocenters. The molecule has 0 aromatic heterocycles. The molecule has 0 heterocycles. The Morgan fingerprint density at radius 3 is 2.36 bits per heavy atom. The maximum absolute atomic E-state index is 12.5. The molecule has 1 amide bonds. The van der Waals surface area contributed by atoms with Gasteiger partial charge < -0.3 is 15.4 Å². The quantitative estimate of drug-likeness (QED) is 0.628. The number of methoxy groups -OCH3 is 1. The molecular formula is C17H27ClN2O4S. The van der Waals surface area contributed by atoms with Gasteiger partial charge in [-0.15, -0.1) is 12.4 Å². The van der Waals surface area contributed by atoms with Gasteiger partial charge in [0.1, 0.15) is 0 Å². The highest BCUT2D eigenvalue weighted by atomic mass is 35.5. The van der Waals surface area contributed by atoms with E-state index in [2.05, 4.69) is 10.6 Å². The molecule has 0 aliphatic heterocycles. The van der Waals surface area contributed by atoms with Crippen LogP contribution in [0.5, 0.6) is 0 Å². The molecule has 0 bridgehead atoms. The zero-order chi connectivity index (χ0) is 17.4. The third-order valence-corrected chi connectivity index (χ3v) is 6.53. The average molecular weight is 391 g/mol. The van der Waals surface area contributed by atoms with E-state index in [4.69, 9.17) is 4.74 Å². The van der Waals surface area contributed by atoms with Crippen LogP contribution in [0.15, 0.2) is 29.2 Å². The fourth-order valence-electron chi connectivity index (χ4n) is 2.85. The van der Waals surface area contributed by atoms with Gasteiger partial charge in [0.25, 0.3) is 5.91 Å². The predicted octanol–water partition coefficient (Wildman–Crippen LogP) is 1.79. The van der Waals surface area contributed by atoms with Crippen molar-refractivity contribution in [2.45, 2.75) is 35.8 Å². The van der Waals surface area contributed by atoms with Crippen LogP contribution in [0.2, 0.25) is 0 Å². The Balaban J connectivity index is 0.00000312. The number of ether oxygens (including phenoxy) is 1. The van der Waals surface area contributed by atoms with Gasteiger partial charge in [0.15, 0.2) is 9.84 Å². The second kappa shape index (κ2) is 10.8. The Labute approximate surface area is 156 Å². The number of carbonyl (C=O) groups excluding carboxylic acids is 1. The van der Waals surface area contributed by atoms with Crippen LogP contribution in [0.4, 0.5) is 0 Å². The molecule has 25 heavy (non-hydrogen) atoms. The number of halogens is 1. The second-order valence-electron chi connectivity index (χ2n) is 5.97. The fourth-order valence-corrected chi connectivity index (χ4v) is 4.71. The molecule has 0 atom stereocenters. The molecule has 0 radical (unpaired) electrons. The van der Waals surface area contributed by atoms with Crippen LogP contribution in [-0.2, 0) is 14.6 Å². The zero-order valence-corrected chi connectivity index (χ0v) is 16.1. The lowest BCUT2D eigenvalue weighted by Gasteiger charge is -2.11. The van der Waals surface area contributed by atoms with Gasteiger partial charge in [-0.3, -0.25) is 4.79 Å². The number of sulfone groups is 1. The summed E-state index contributed by atoms with van der Waals surface area (Å²) in [6.45, 7) is 2.53. The van der Waals surface area contributed by atoms with E-state index in [1.165, 1.54) is 0 Å². The minimum atomic E-state index is -3.26. The summed E-state index contributed by atoms with van der Waals surface area (Å²) in [5.74, 6) is -0.201. The minimum absolute atomic E-state index is 0. The average Bonchev–Trinajstić information content (AvgIpc) is 3.13. The summed E-state index contributed by atoms with van der Waals surface area (Å²) in [5.41, 5.74) is 0.470. The number of amides is 1. The maximum atomic E-state index is 12.5. The van der Waals surface area contributed by atoms with Gasteiger partial charge in [-0.25, -0.2) is 8.42 Å². The van der Waals surface area contributed by atoms with Crippen molar-refractivity contribution in [1.29, 1.82) is 0 Å². The van der Waals surface area contributed by atoms with E-state index in [1.807, 2.05) is 0 Å². The molecule has 8 heteroatoms. The molecule has 2 N–H and O–H groups in total. The SMILES string of the molecule is COCCNCCNC(=O)c1ccc(S(=O)(=O)C2CCCC2)cc1.Cl. The normalized spacial score (nSPS) is 14.9.